The van der Waals surface area contributed by atoms with Crippen LogP contribution in [0.4, 0.5) is 0 Å². The molecule has 0 spiro atoms. The maximum atomic E-state index is 6.24. The fourth-order valence-electron chi connectivity index (χ4n) is 4.88. The number of ether oxygens (including phenoxy) is 2. The molecule has 2 aromatic carbocycles. The maximum Gasteiger partial charge on any atom is 0.202 e. The molecule has 0 radical (unpaired) electrons. The summed E-state index contributed by atoms with van der Waals surface area (Å²) in [5, 5.41) is 0.789. The van der Waals surface area contributed by atoms with Gasteiger partial charge in [0, 0.05) is 36.4 Å². The average Bonchev–Trinajstić information content (AvgIpc) is 3.05. The Morgan fingerprint density at radius 1 is 1.18 bits per heavy atom. The van der Waals surface area contributed by atoms with Crippen LogP contribution in [0.3, 0.4) is 0 Å². The number of fused-ring (bicyclic) bond motifs is 2. The molecule has 1 unspecified atom stereocenters. The highest BCUT2D eigenvalue weighted by molar-refractivity contribution is 6.30. The van der Waals surface area contributed by atoms with Crippen LogP contribution in [0.1, 0.15) is 30.4 Å². The van der Waals surface area contributed by atoms with E-state index in [1.165, 1.54) is 16.7 Å². The molecule has 0 fully saturated rings. The molecule has 0 amide bonds. The van der Waals surface area contributed by atoms with Gasteiger partial charge in [0.2, 0.25) is 5.90 Å². The third-order valence-corrected chi connectivity index (χ3v) is 6.96. The van der Waals surface area contributed by atoms with Crippen molar-refractivity contribution in [3.63, 3.8) is 0 Å². The first-order chi connectivity index (χ1) is 16.2. The van der Waals surface area contributed by atoms with Gasteiger partial charge in [-0.2, -0.15) is 0 Å². The number of aliphatic imine (C=N–C) groups is 1. The molecule has 0 N–H and O–H groups in total. The second kappa shape index (κ2) is 9.98. The Balaban J connectivity index is 1.20. The first-order valence-electron chi connectivity index (χ1n) is 11.7. The third kappa shape index (κ3) is 4.92. The van der Waals surface area contributed by atoms with Crippen molar-refractivity contribution in [3.05, 3.63) is 88.6 Å². The van der Waals surface area contributed by atoms with Gasteiger partial charge < -0.3 is 9.47 Å². The Labute approximate surface area is 200 Å². The lowest BCUT2D eigenvalue weighted by Crippen LogP contribution is -2.29. The number of hydrogen-bond donors (Lipinski definition) is 0. The molecule has 4 nitrogen and oxygen atoms in total. The van der Waals surface area contributed by atoms with Crippen LogP contribution in [-0.2, 0) is 6.42 Å². The Kier molecular flexibility index (Phi) is 6.65. The van der Waals surface area contributed by atoms with E-state index in [9.17, 15) is 0 Å². The number of rotatable bonds is 5. The van der Waals surface area contributed by atoms with E-state index in [1.807, 2.05) is 36.5 Å². The monoisotopic (exact) mass is 460 g/mol. The van der Waals surface area contributed by atoms with Crippen LogP contribution in [0, 0.1) is 5.92 Å². The first-order valence-corrected chi connectivity index (χ1v) is 12.0. The number of halogens is 1. The van der Waals surface area contributed by atoms with Crippen LogP contribution in [0.5, 0.6) is 11.5 Å². The molecule has 1 atom stereocenters. The van der Waals surface area contributed by atoms with Gasteiger partial charge in [0.1, 0.15) is 11.5 Å². The van der Waals surface area contributed by atoms with Crippen molar-refractivity contribution in [2.24, 2.45) is 10.9 Å². The first kappa shape index (κ1) is 22.0. The molecule has 170 valence electrons. The molecular weight excluding hydrogens is 432 g/mol. The number of hydrogen-bond acceptors (Lipinski definition) is 4. The molecule has 0 aromatic heterocycles. The van der Waals surface area contributed by atoms with Crippen molar-refractivity contribution in [3.8, 4) is 11.5 Å². The summed E-state index contributed by atoms with van der Waals surface area (Å²) in [6.07, 6.45) is 12.7. The van der Waals surface area contributed by atoms with Crippen molar-refractivity contribution in [1.82, 2.24) is 4.90 Å². The summed E-state index contributed by atoms with van der Waals surface area (Å²) in [6, 6.07) is 14.1. The SMILES string of the molecule is COc1cccc2c1CCC1C(=CCCN3CC=C(c4ccc(Cl)cc4)CC3)C=CN=C1O2. The predicted octanol–water partition coefficient (Wildman–Crippen LogP) is 6.32. The van der Waals surface area contributed by atoms with Gasteiger partial charge in [-0.1, -0.05) is 42.0 Å². The fourth-order valence-corrected chi connectivity index (χ4v) is 5.00. The Hall–Kier alpha value is -2.82. The number of allylic oxidation sites excluding steroid dienone is 1. The standard InChI is InChI=1S/C28H29ClN2O2/c1-32-26-5-2-6-27-25(26)12-11-24-22(13-16-30-28(24)33-27)4-3-17-31-18-14-21(15-19-31)20-7-9-23(29)10-8-20/h2,4-10,13-14,16,24H,3,11-12,15,17-19H2,1H3. The summed E-state index contributed by atoms with van der Waals surface area (Å²) in [5.74, 6) is 2.75. The van der Waals surface area contributed by atoms with Crippen molar-refractivity contribution >= 4 is 23.1 Å². The van der Waals surface area contributed by atoms with Crippen LogP contribution in [-0.4, -0.2) is 37.5 Å². The smallest absolute Gasteiger partial charge is 0.202 e. The minimum atomic E-state index is 0.199. The second-order valence-electron chi connectivity index (χ2n) is 8.69. The van der Waals surface area contributed by atoms with Gasteiger partial charge in [0.25, 0.3) is 0 Å². The number of benzene rings is 2. The van der Waals surface area contributed by atoms with E-state index >= 15 is 0 Å². The van der Waals surface area contributed by atoms with E-state index < -0.39 is 0 Å². The summed E-state index contributed by atoms with van der Waals surface area (Å²) < 4.78 is 11.8. The van der Waals surface area contributed by atoms with Crippen LogP contribution >= 0.6 is 11.6 Å². The fraction of sp³-hybridized carbons (Fsp3) is 0.321. The molecule has 3 aliphatic heterocycles. The number of nitrogens with zero attached hydrogens (tertiary/aromatic N) is 2. The van der Waals surface area contributed by atoms with Crippen molar-refractivity contribution in [2.45, 2.75) is 25.7 Å². The Morgan fingerprint density at radius 3 is 2.85 bits per heavy atom. The van der Waals surface area contributed by atoms with Crippen LogP contribution in [0.25, 0.3) is 5.57 Å². The Bertz CT molecular complexity index is 1130. The van der Waals surface area contributed by atoms with E-state index in [0.717, 1.165) is 73.3 Å². The molecule has 3 heterocycles. The maximum absolute atomic E-state index is 6.24. The van der Waals surface area contributed by atoms with Gasteiger partial charge >= 0.3 is 0 Å². The van der Waals surface area contributed by atoms with E-state index in [0.29, 0.717) is 0 Å². The second-order valence-corrected chi connectivity index (χ2v) is 9.13. The minimum absolute atomic E-state index is 0.199. The largest absolute Gasteiger partial charge is 0.496 e. The number of methoxy groups -OCH3 is 1. The molecule has 0 aliphatic carbocycles. The highest BCUT2D eigenvalue weighted by atomic mass is 35.5. The highest BCUT2D eigenvalue weighted by Gasteiger charge is 2.29. The molecule has 3 aliphatic rings. The van der Waals surface area contributed by atoms with E-state index in [1.54, 1.807) is 7.11 Å². The van der Waals surface area contributed by atoms with Gasteiger partial charge in [-0.3, -0.25) is 4.90 Å². The molecule has 5 rings (SSSR count). The Morgan fingerprint density at radius 2 is 2.06 bits per heavy atom. The summed E-state index contributed by atoms with van der Waals surface area (Å²) in [4.78, 5) is 7.08. The lowest BCUT2D eigenvalue weighted by molar-refractivity contribution is 0.307. The van der Waals surface area contributed by atoms with Gasteiger partial charge in [-0.25, -0.2) is 4.99 Å². The highest BCUT2D eigenvalue weighted by Crippen LogP contribution is 2.37. The van der Waals surface area contributed by atoms with E-state index in [-0.39, 0.29) is 5.92 Å². The molecule has 33 heavy (non-hydrogen) atoms. The molecule has 5 heteroatoms. The minimum Gasteiger partial charge on any atom is -0.496 e. The quantitative estimate of drug-likeness (QED) is 0.523. The van der Waals surface area contributed by atoms with Crippen molar-refractivity contribution in [2.75, 3.05) is 26.7 Å². The van der Waals surface area contributed by atoms with Gasteiger partial charge in [-0.05, 0) is 72.7 Å². The zero-order valence-electron chi connectivity index (χ0n) is 19.0. The van der Waals surface area contributed by atoms with Crippen molar-refractivity contribution < 1.29 is 9.47 Å². The summed E-state index contributed by atoms with van der Waals surface area (Å²) in [7, 11) is 1.71. The molecular formula is C28H29ClN2O2. The lowest BCUT2D eigenvalue weighted by Gasteiger charge is -2.26. The van der Waals surface area contributed by atoms with Crippen LogP contribution in [0.15, 0.2) is 77.5 Å². The normalized spacial score (nSPS) is 21.4. The van der Waals surface area contributed by atoms with Gasteiger partial charge in [-0.15, -0.1) is 0 Å². The average molecular weight is 461 g/mol. The van der Waals surface area contributed by atoms with Crippen LogP contribution < -0.4 is 9.47 Å². The predicted molar refractivity (Wildman–Crippen MR) is 135 cm³/mol. The third-order valence-electron chi connectivity index (χ3n) is 6.71. The van der Waals surface area contributed by atoms with Gasteiger partial charge in [0.05, 0.1) is 13.0 Å². The van der Waals surface area contributed by atoms with Crippen LogP contribution in [0.2, 0.25) is 5.02 Å². The molecule has 0 saturated heterocycles. The molecule has 0 saturated carbocycles. The van der Waals surface area contributed by atoms with E-state index in [4.69, 9.17) is 21.1 Å². The van der Waals surface area contributed by atoms with Gasteiger partial charge in [0.15, 0.2) is 0 Å². The summed E-state index contributed by atoms with van der Waals surface area (Å²) in [5.41, 5.74) is 5.14. The topological polar surface area (TPSA) is 34.1 Å². The van der Waals surface area contributed by atoms with Crippen molar-refractivity contribution in [1.29, 1.82) is 0 Å². The zero-order chi connectivity index (χ0) is 22.6. The summed E-state index contributed by atoms with van der Waals surface area (Å²) in [6.45, 7) is 3.13. The lowest BCUT2D eigenvalue weighted by atomic mass is 9.90. The summed E-state index contributed by atoms with van der Waals surface area (Å²) >= 11 is 6.03. The molecule has 0 bridgehead atoms. The zero-order valence-corrected chi connectivity index (χ0v) is 19.7. The van der Waals surface area contributed by atoms with E-state index in [2.05, 4.69) is 40.3 Å². The molecule has 2 aromatic rings.